The van der Waals surface area contributed by atoms with Crippen LogP contribution in [0, 0.1) is 0 Å². The van der Waals surface area contributed by atoms with Gasteiger partial charge in [-0.25, -0.2) is 4.98 Å². The molecule has 0 radical (unpaired) electrons. The molecule has 2 heterocycles. The summed E-state index contributed by atoms with van der Waals surface area (Å²) in [6.07, 6.45) is 1.01. The Balaban J connectivity index is 1.89. The minimum absolute atomic E-state index is 0.187. The highest BCUT2D eigenvalue weighted by molar-refractivity contribution is 5.97. The number of hydrogen-bond acceptors (Lipinski definition) is 3. The molecule has 4 heteroatoms. The van der Waals surface area contributed by atoms with Crippen LogP contribution in [0.4, 0.5) is 5.82 Å². The number of nitrogens with zero attached hydrogens (tertiary/aromatic N) is 1. The van der Waals surface area contributed by atoms with Crippen molar-refractivity contribution >= 4 is 11.7 Å². The van der Waals surface area contributed by atoms with E-state index >= 15 is 0 Å². The molecule has 0 bridgehead atoms. The van der Waals surface area contributed by atoms with Crippen molar-refractivity contribution in [2.24, 2.45) is 0 Å². The molecule has 1 aliphatic rings. The Morgan fingerprint density at radius 2 is 1.95 bits per heavy atom. The first kappa shape index (κ1) is 12.7. The number of benzene rings is 1. The summed E-state index contributed by atoms with van der Waals surface area (Å²) in [5.74, 6) is 1.36. The fraction of sp³-hybridized carbons (Fsp3) is 0.250. The third-order valence-electron chi connectivity index (χ3n) is 3.40. The molecule has 20 heavy (non-hydrogen) atoms. The van der Waals surface area contributed by atoms with Crippen molar-refractivity contribution in [2.75, 3.05) is 5.32 Å². The molecule has 0 aliphatic carbocycles. The lowest BCUT2D eigenvalue weighted by Gasteiger charge is -2.25. The molecule has 1 unspecified atom stereocenters. The zero-order chi connectivity index (χ0) is 14.1. The van der Waals surface area contributed by atoms with Crippen LogP contribution < -0.4 is 10.1 Å². The predicted octanol–water partition coefficient (Wildman–Crippen LogP) is 3.28. The topological polar surface area (TPSA) is 51.2 Å². The maximum Gasteiger partial charge on any atom is 0.271 e. The maximum atomic E-state index is 12.1. The predicted molar refractivity (Wildman–Crippen MR) is 76.8 cm³/mol. The number of amides is 1. The Hall–Kier alpha value is -2.36. The third kappa shape index (κ3) is 2.25. The minimum atomic E-state index is -0.618. The summed E-state index contributed by atoms with van der Waals surface area (Å²) in [5.41, 5.74) is 2.09. The lowest BCUT2D eigenvalue weighted by atomic mass is 9.99. The molecule has 0 saturated carbocycles. The van der Waals surface area contributed by atoms with Gasteiger partial charge in [-0.15, -0.1) is 0 Å². The zero-order valence-electron chi connectivity index (χ0n) is 11.5. The van der Waals surface area contributed by atoms with Crippen LogP contribution in [-0.4, -0.2) is 10.9 Å². The second kappa shape index (κ2) is 4.96. The van der Waals surface area contributed by atoms with Crippen molar-refractivity contribution in [3.63, 3.8) is 0 Å². The van der Waals surface area contributed by atoms with E-state index in [-0.39, 0.29) is 5.91 Å². The monoisotopic (exact) mass is 268 g/mol. The van der Waals surface area contributed by atoms with E-state index in [0.29, 0.717) is 17.5 Å². The van der Waals surface area contributed by atoms with Gasteiger partial charge in [0.05, 0.1) is 0 Å². The van der Waals surface area contributed by atoms with Crippen LogP contribution in [0.2, 0.25) is 0 Å². The number of carbonyl (C=O) groups is 1. The van der Waals surface area contributed by atoms with Crippen LogP contribution in [0.1, 0.15) is 37.0 Å². The van der Waals surface area contributed by atoms with E-state index in [9.17, 15) is 4.79 Å². The Labute approximate surface area is 117 Å². The average molecular weight is 268 g/mol. The molecule has 0 spiro atoms. The second-order valence-corrected chi connectivity index (χ2v) is 5.16. The third-order valence-corrected chi connectivity index (χ3v) is 3.40. The van der Waals surface area contributed by atoms with E-state index in [1.165, 1.54) is 5.56 Å². The lowest BCUT2D eigenvalue weighted by Crippen LogP contribution is -2.30. The first-order chi connectivity index (χ1) is 9.65. The first-order valence-electron chi connectivity index (χ1n) is 6.67. The summed E-state index contributed by atoms with van der Waals surface area (Å²) >= 11 is 0. The summed E-state index contributed by atoms with van der Waals surface area (Å²) in [7, 11) is 0. The van der Waals surface area contributed by atoms with E-state index in [1.807, 2.05) is 24.3 Å². The van der Waals surface area contributed by atoms with Gasteiger partial charge >= 0.3 is 0 Å². The Morgan fingerprint density at radius 1 is 1.20 bits per heavy atom. The van der Waals surface area contributed by atoms with Gasteiger partial charge in [0.2, 0.25) is 6.10 Å². The van der Waals surface area contributed by atoms with E-state index < -0.39 is 6.10 Å². The Bertz CT molecular complexity index is 635. The summed E-state index contributed by atoms with van der Waals surface area (Å²) < 4.78 is 5.76. The average Bonchev–Trinajstić information content (AvgIpc) is 2.46. The summed E-state index contributed by atoms with van der Waals surface area (Å²) in [6.45, 7) is 4.28. The number of rotatable bonds is 2. The van der Waals surface area contributed by atoms with Crippen molar-refractivity contribution in [3.05, 3.63) is 53.7 Å². The van der Waals surface area contributed by atoms with E-state index in [4.69, 9.17) is 4.74 Å². The number of ether oxygens (including phenoxy) is 1. The second-order valence-electron chi connectivity index (χ2n) is 5.16. The molecule has 0 saturated heterocycles. The van der Waals surface area contributed by atoms with Gasteiger partial charge in [0.15, 0.2) is 11.6 Å². The largest absolute Gasteiger partial charge is 0.472 e. The zero-order valence-corrected chi connectivity index (χ0v) is 11.5. The number of aromatic nitrogens is 1. The first-order valence-corrected chi connectivity index (χ1v) is 6.67. The van der Waals surface area contributed by atoms with Gasteiger partial charge in [-0.2, -0.15) is 0 Å². The van der Waals surface area contributed by atoms with Crippen molar-refractivity contribution in [1.82, 2.24) is 4.98 Å². The van der Waals surface area contributed by atoms with Crippen LogP contribution in [-0.2, 0) is 4.79 Å². The molecule has 102 valence electrons. The molecule has 4 nitrogen and oxygen atoms in total. The molecule has 3 rings (SSSR count). The van der Waals surface area contributed by atoms with Gasteiger partial charge in [0.1, 0.15) is 0 Å². The highest BCUT2D eigenvalue weighted by atomic mass is 16.5. The Kier molecular flexibility index (Phi) is 3.14. The quantitative estimate of drug-likeness (QED) is 0.909. The summed E-state index contributed by atoms with van der Waals surface area (Å²) in [5, 5.41) is 2.77. The van der Waals surface area contributed by atoms with Gasteiger partial charge in [0.25, 0.3) is 5.91 Å². The van der Waals surface area contributed by atoms with Gasteiger partial charge in [0, 0.05) is 11.8 Å². The fourth-order valence-electron chi connectivity index (χ4n) is 2.22. The van der Waals surface area contributed by atoms with Crippen LogP contribution in [0.5, 0.6) is 5.75 Å². The Morgan fingerprint density at radius 3 is 2.65 bits per heavy atom. The number of fused-ring (bicyclic) bond motifs is 1. The van der Waals surface area contributed by atoms with Crippen LogP contribution in [0.3, 0.4) is 0 Å². The van der Waals surface area contributed by atoms with Gasteiger partial charge in [-0.05, 0) is 23.6 Å². The van der Waals surface area contributed by atoms with Crippen molar-refractivity contribution in [1.29, 1.82) is 0 Å². The molecule has 1 amide bonds. The molecule has 1 aromatic carbocycles. The minimum Gasteiger partial charge on any atom is -0.472 e. The van der Waals surface area contributed by atoms with Crippen LogP contribution in [0.15, 0.2) is 42.6 Å². The lowest BCUT2D eigenvalue weighted by molar-refractivity contribution is -0.123. The normalized spacial score (nSPS) is 17.4. The number of pyridine rings is 1. The highest BCUT2D eigenvalue weighted by Crippen LogP contribution is 2.33. The van der Waals surface area contributed by atoms with Gasteiger partial charge in [-0.1, -0.05) is 38.1 Å². The van der Waals surface area contributed by atoms with Gasteiger partial charge < -0.3 is 10.1 Å². The number of carbonyl (C=O) groups excluding carboxylic acids is 1. The molecular weight excluding hydrogens is 252 g/mol. The molecule has 0 fully saturated rings. The molecule has 1 atom stereocenters. The molecule has 2 aromatic rings. The molecule has 1 aliphatic heterocycles. The smallest absolute Gasteiger partial charge is 0.271 e. The highest BCUT2D eigenvalue weighted by Gasteiger charge is 2.29. The van der Waals surface area contributed by atoms with Crippen LogP contribution in [0.25, 0.3) is 0 Å². The van der Waals surface area contributed by atoms with Crippen molar-refractivity contribution < 1.29 is 9.53 Å². The number of hydrogen-bond donors (Lipinski definition) is 1. The standard InChI is InChI=1S/C16H16N2O2/c1-10(2)11-5-7-12(8-6-11)14-16(19)18-15-13(20-14)4-3-9-17-15/h3-10,14H,1-2H3,(H,17,18,19). The van der Waals surface area contributed by atoms with Crippen LogP contribution >= 0.6 is 0 Å². The summed E-state index contributed by atoms with van der Waals surface area (Å²) in [6, 6.07) is 11.6. The molecule has 1 aromatic heterocycles. The van der Waals surface area contributed by atoms with E-state index in [1.54, 1.807) is 18.3 Å². The fourth-order valence-corrected chi connectivity index (χ4v) is 2.22. The number of nitrogens with one attached hydrogen (secondary N) is 1. The van der Waals surface area contributed by atoms with E-state index in [0.717, 1.165) is 5.56 Å². The van der Waals surface area contributed by atoms with Crippen molar-refractivity contribution in [3.8, 4) is 5.75 Å². The number of anilines is 1. The molecular formula is C16H16N2O2. The molecule has 1 N–H and O–H groups in total. The maximum absolute atomic E-state index is 12.1. The van der Waals surface area contributed by atoms with Gasteiger partial charge in [-0.3, -0.25) is 4.79 Å². The van der Waals surface area contributed by atoms with E-state index in [2.05, 4.69) is 24.1 Å². The summed E-state index contributed by atoms with van der Waals surface area (Å²) in [4.78, 5) is 16.2. The van der Waals surface area contributed by atoms with Crippen molar-refractivity contribution in [2.45, 2.75) is 25.9 Å². The SMILES string of the molecule is CC(C)c1ccc(C2Oc3cccnc3NC2=O)cc1.